The van der Waals surface area contributed by atoms with Gasteiger partial charge in [-0.15, -0.1) is 0 Å². The monoisotopic (exact) mass is 276 g/mol. The Bertz CT molecular complexity index is 477. The zero-order chi connectivity index (χ0) is 14.5. The minimum atomic E-state index is -0.196. The number of likely N-dealkylation sites (N-methyl/N-ethyl adjacent to an activating group) is 1. The second-order valence-corrected chi connectivity index (χ2v) is 5.06. The van der Waals surface area contributed by atoms with E-state index in [9.17, 15) is 9.59 Å². The number of hydrogen-bond acceptors (Lipinski definition) is 4. The second kappa shape index (κ2) is 6.47. The van der Waals surface area contributed by atoms with Crippen molar-refractivity contribution in [3.05, 3.63) is 30.1 Å². The van der Waals surface area contributed by atoms with Crippen molar-refractivity contribution in [1.82, 2.24) is 20.1 Å². The van der Waals surface area contributed by atoms with E-state index in [1.54, 1.807) is 36.5 Å². The lowest BCUT2D eigenvalue weighted by Gasteiger charge is -2.23. The van der Waals surface area contributed by atoms with E-state index in [4.69, 9.17) is 0 Å². The molecule has 2 rings (SSSR count). The van der Waals surface area contributed by atoms with Crippen molar-refractivity contribution in [2.75, 3.05) is 40.3 Å². The Morgan fingerprint density at radius 1 is 1.25 bits per heavy atom. The van der Waals surface area contributed by atoms with Crippen LogP contribution < -0.4 is 5.32 Å². The molecule has 6 nitrogen and oxygen atoms in total. The van der Waals surface area contributed by atoms with E-state index in [1.807, 2.05) is 7.05 Å². The van der Waals surface area contributed by atoms with Crippen molar-refractivity contribution < 1.29 is 9.59 Å². The highest BCUT2D eigenvalue weighted by atomic mass is 16.2. The number of aromatic nitrogens is 1. The zero-order valence-electron chi connectivity index (χ0n) is 11.9. The van der Waals surface area contributed by atoms with Gasteiger partial charge in [0.1, 0.15) is 0 Å². The van der Waals surface area contributed by atoms with Gasteiger partial charge in [0.2, 0.25) is 5.91 Å². The molecule has 1 saturated heterocycles. The first-order valence-electron chi connectivity index (χ1n) is 6.71. The molecule has 0 spiro atoms. The first-order chi connectivity index (χ1) is 9.61. The fourth-order valence-corrected chi connectivity index (χ4v) is 2.41. The number of rotatable bonds is 2. The summed E-state index contributed by atoms with van der Waals surface area (Å²) in [6.07, 6.45) is 3.21. The van der Waals surface area contributed by atoms with Crippen molar-refractivity contribution in [1.29, 1.82) is 0 Å². The highest BCUT2D eigenvalue weighted by Gasteiger charge is 2.28. The molecule has 0 radical (unpaired) electrons. The number of carbonyl (C=O) groups excluding carboxylic acids is 2. The smallest absolute Gasteiger partial charge is 0.254 e. The molecular weight excluding hydrogens is 256 g/mol. The van der Waals surface area contributed by atoms with Gasteiger partial charge in [0.05, 0.1) is 5.92 Å². The molecule has 1 fully saturated rings. The third-order valence-corrected chi connectivity index (χ3v) is 3.56. The van der Waals surface area contributed by atoms with E-state index in [1.165, 1.54) is 0 Å². The van der Waals surface area contributed by atoms with Crippen LogP contribution in [0.15, 0.2) is 24.5 Å². The van der Waals surface area contributed by atoms with Crippen LogP contribution in [0, 0.1) is 5.92 Å². The summed E-state index contributed by atoms with van der Waals surface area (Å²) < 4.78 is 0. The van der Waals surface area contributed by atoms with Crippen LogP contribution in [-0.4, -0.2) is 66.9 Å². The molecule has 108 valence electrons. The highest BCUT2D eigenvalue weighted by molar-refractivity contribution is 5.94. The Hall–Kier alpha value is -1.95. The van der Waals surface area contributed by atoms with E-state index >= 15 is 0 Å². The second-order valence-electron chi connectivity index (χ2n) is 5.06. The van der Waals surface area contributed by atoms with E-state index in [-0.39, 0.29) is 17.7 Å². The fraction of sp³-hybridized carbons (Fsp3) is 0.500. The summed E-state index contributed by atoms with van der Waals surface area (Å²) >= 11 is 0. The number of nitrogens with one attached hydrogen (secondary N) is 1. The molecule has 0 saturated carbocycles. The number of hydrogen-bond donors (Lipinski definition) is 1. The molecule has 6 heteroatoms. The largest absolute Gasteiger partial charge is 0.359 e. The lowest BCUT2D eigenvalue weighted by Crippen LogP contribution is -2.41. The lowest BCUT2D eigenvalue weighted by molar-refractivity contribution is -0.125. The lowest BCUT2D eigenvalue weighted by atomic mass is 10.1. The molecule has 1 aliphatic heterocycles. The molecule has 2 heterocycles. The van der Waals surface area contributed by atoms with Crippen molar-refractivity contribution in [3.63, 3.8) is 0 Å². The molecule has 1 aromatic rings. The van der Waals surface area contributed by atoms with Crippen LogP contribution in [0.2, 0.25) is 0 Å². The Morgan fingerprint density at radius 3 is 2.60 bits per heavy atom. The van der Waals surface area contributed by atoms with Gasteiger partial charge in [-0.05, 0) is 19.2 Å². The quantitative estimate of drug-likeness (QED) is 0.814. The molecule has 1 aromatic heterocycles. The molecule has 1 N–H and O–H groups in total. The number of pyridine rings is 1. The summed E-state index contributed by atoms with van der Waals surface area (Å²) in [6.45, 7) is 2.51. The minimum absolute atomic E-state index is 0.0220. The van der Waals surface area contributed by atoms with Crippen molar-refractivity contribution in [2.45, 2.75) is 0 Å². The number of carbonyl (C=O) groups is 2. The van der Waals surface area contributed by atoms with E-state index in [0.717, 1.165) is 6.54 Å². The summed E-state index contributed by atoms with van der Waals surface area (Å²) in [5, 5.41) is 2.67. The zero-order valence-corrected chi connectivity index (χ0v) is 11.9. The molecule has 0 aliphatic carbocycles. The molecule has 1 atom stereocenters. The predicted molar refractivity (Wildman–Crippen MR) is 75.2 cm³/mol. The standard InChI is InChI=1S/C14H20N4O2/c1-15-13(19)12-9-17(2)7-8-18(10-12)14(20)11-3-5-16-6-4-11/h3-6,12H,7-10H2,1-2H3,(H,15,19)/t12-/m0/s1. The third-order valence-electron chi connectivity index (χ3n) is 3.56. The van der Waals surface area contributed by atoms with Crippen LogP contribution >= 0.6 is 0 Å². The first-order valence-corrected chi connectivity index (χ1v) is 6.71. The van der Waals surface area contributed by atoms with Crippen LogP contribution in [0.4, 0.5) is 0 Å². The van der Waals surface area contributed by atoms with Gasteiger partial charge in [0.25, 0.3) is 5.91 Å². The Balaban J connectivity index is 2.14. The number of nitrogens with zero attached hydrogens (tertiary/aromatic N) is 3. The van der Waals surface area contributed by atoms with E-state index in [0.29, 0.717) is 25.2 Å². The summed E-state index contributed by atoms with van der Waals surface area (Å²) in [7, 11) is 3.60. The predicted octanol–water partition coefficient (Wildman–Crippen LogP) is -0.169. The number of amides is 2. The van der Waals surface area contributed by atoms with E-state index < -0.39 is 0 Å². The van der Waals surface area contributed by atoms with Gasteiger partial charge >= 0.3 is 0 Å². The normalized spacial score (nSPS) is 20.3. The SMILES string of the molecule is CNC(=O)[C@H]1CN(C)CCN(C(=O)c2ccncc2)C1. The topological polar surface area (TPSA) is 65.5 Å². The van der Waals surface area contributed by atoms with Crippen LogP contribution in [-0.2, 0) is 4.79 Å². The minimum Gasteiger partial charge on any atom is -0.359 e. The average molecular weight is 276 g/mol. The summed E-state index contributed by atoms with van der Waals surface area (Å²) in [5.74, 6) is -0.263. The van der Waals surface area contributed by atoms with E-state index in [2.05, 4.69) is 15.2 Å². The maximum Gasteiger partial charge on any atom is 0.254 e. The van der Waals surface area contributed by atoms with Gasteiger partial charge in [-0.25, -0.2) is 0 Å². The Morgan fingerprint density at radius 2 is 1.95 bits per heavy atom. The Kier molecular flexibility index (Phi) is 4.68. The third kappa shape index (κ3) is 3.33. The van der Waals surface area contributed by atoms with Gasteiger partial charge in [-0.1, -0.05) is 0 Å². The van der Waals surface area contributed by atoms with Gasteiger partial charge in [-0.2, -0.15) is 0 Å². The fourth-order valence-electron chi connectivity index (χ4n) is 2.41. The maximum atomic E-state index is 12.5. The molecule has 1 aliphatic rings. The average Bonchev–Trinajstić information content (AvgIpc) is 2.68. The van der Waals surface area contributed by atoms with Crippen molar-refractivity contribution in [3.8, 4) is 0 Å². The van der Waals surface area contributed by atoms with Crippen LogP contribution in [0.1, 0.15) is 10.4 Å². The van der Waals surface area contributed by atoms with Gasteiger partial charge in [-0.3, -0.25) is 14.6 Å². The van der Waals surface area contributed by atoms with Crippen LogP contribution in [0.3, 0.4) is 0 Å². The van der Waals surface area contributed by atoms with Gasteiger partial charge in [0.15, 0.2) is 0 Å². The van der Waals surface area contributed by atoms with Crippen molar-refractivity contribution >= 4 is 11.8 Å². The van der Waals surface area contributed by atoms with Gasteiger partial charge in [0, 0.05) is 51.2 Å². The maximum absolute atomic E-state index is 12.5. The summed E-state index contributed by atoms with van der Waals surface area (Å²) in [6, 6.07) is 3.40. The van der Waals surface area contributed by atoms with Gasteiger partial charge < -0.3 is 15.1 Å². The molecule has 0 unspecified atom stereocenters. The summed E-state index contributed by atoms with van der Waals surface area (Å²) in [4.78, 5) is 32.1. The Labute approximate surface area is 118 Å². The van der Waals surface area contributed by atoms with Crippen LogP contribution in [0.5, 0.6) is 0 Å². The molecule has 2 amide bonds. The highest BCUT2D eigenvalue weighted by Crippen LogP contribution is 2.12. The molecule has 0 aromatic carbocycles. The van der Waals surface area contributed by atoms with Crippen molar-refractivity contribution in [2.24, 2.45) is 5.92 Å². The molecular formula is C14H20N4O2. The van der Waals surface area contributed by atoms with Crippen LogP contribution in [0.25, 0.3) is 0 Å². The molecule has 20 heavy (non-hydrogen) atoms. The summed E-state index contributed by atoms with van der Waals surface area (Å²) in [5.41, 5.74) is 0.611. The first kappa shape index (κ1) is 14.5. The molecule has 0 bridgehead atoms.